The molecule has 116 valence electrons. The molecule has 0 aromatic carbocycles. The van der Waals surface area contributed by atoms with Crippen LogP contribution in [0.25, 0.3) is 0 Å². The Morgan fingerprint density at radius 1 is 1.14 bits per heavy atom. The van der Waals surface area contributed by atoms with Crippen LogP contribution in [-0.4, -0.2) is 0 Å². The van der Waals surface area contributed by atoms with Gasteiger partial charge in [0.15, 0.2) is 0 Å². The number of allylic oxidation sites excluding steroid dienone is 10. The molecule has 1 aliphatic rings. The van der Waals surface area contributed by atoms with Gasteiger partial charge in [0.05, 0.1) is 0 Å². The summed E-state index contributed by atoms with van der Waals surface area (Å²) in [6.07, 6.45) is 18.3. The van der Waals surface area contributed by atoms with Crippen LogP contribution in [0.3, 0.4) is 0 Å². The van der Waals surface area contributed by atoms with Crippen molar-refractivity contribution in [2.24, 2.45) is 5.41 Å². The summed E-state index contributed by atoms with van der Waals surface area (Å²) in [5.41, 5.74) is 6.06. The van der Waals surface area contributed by atoms with Crippen LogP contribution in [0.2, 0.25) is 0 Å². The first-order valence-electron chi connectivity index (χ1n) is 8.27. The molecule has 0 fully saturated rings. The second kappa shape index (κ2) is 8.22. The van der Waals surface area contributed by atoms with E-state index in [1.54, 1.807) is 5.57 Å². The summed E-state index contributed by atoms with van der Waals surface area (Å²) < 4.78 is 0. The Balaban J connectivity index is 2.78. The molecule has 0 N–H and O–H groups in total. The summed E-state index contributed by atoms with van der Waals surface area (Å²) in [6, 6.07) is 0. The highest BCUT2D eigenvalue weighted by Crippen LogP contribution is 2.40. The molecule has 0 aromatic rings. The van der Waals surface area contributed by atoms with Gasteiger partial charge < -0.3 is 0 Å². The van der Waals surface area contributed by atoms with Crippen molar-refractivity contribution in [3.8, 4) is 0 Å². The number of hydrogen-bond acceptors (Lipinski definition) is 0. The van der Waals surface area contributed by atoms with Crippen molar-refractivity contribution >= 4 is 0 Å². The molecule has 0 bridgehead atoms. The van der Waals surface area contributed by atoms with Gasteiger partial charge in [-0.05, 0) is 57.4 Å². The van der Waals surface area contributed by atoms with Gasteiger partial charge in [0.25, 0.3) is 0 Å². The monoisotopic (exact) mass is 284 g/mol. The van der Waals surface area contributed by atoms with E-state index in [2.05, 4.69) is 78.0 Å². The van der Waals surface area contributed by atoms with Crippen molar-refractivity contribution in [3.63, 3.8) is 0 Å². The van der Waals surface area contributed by atoms with E-state index in [0.717, 1.165) is 6.42 Å². The van der Waals surface area contributed by atoms with Gasteiger partial charge in [-0.15, -0.1) is 0 Å². The standard InChI is InChI=1S/C21H32/c1-7-10-17(2)11-8-12-18(3)14-15-20-19(4)13-9-16-21(20,5)6/h8,10-12,14-15H,7,9,13,16H2,1-6H3/b11-8+,15-14+,17-10-,18-12+. The first-order chi connectivity index (χ1) is 9.86. The molecule has 0 saturated heterocycles. The Hall–Kier alpha value is -1.30. The highest BCUT2D eigenvalue weighted by molar-refractivity contribution is 5.37. The molecular formula is C21H32. The first kappa shape index (κ1) is 17.8. The lowest BCUT2D eigenvalue weighted by atomic mass is 9.72. The maximum Gasteiger partial charge on any atom is -0.0104 e. The fraction of sp³-hybridized carbons (Fsp3) is 0.524. The minimum atomic E-state index is 0.329. The zero-order valence-corrected chi connectivity index (χ0v) is 14.8. The van der Waals surface area contributed by atoms with Crippen LogP contribution in [0.4, 0.5) is 0 Å². The Labute approximate surface area is 132 Å². The third-order valence-electron chi connectivity index (χ3n) is 4.30. The lowest BCUT2D eigenvalue weighted by Gasteiger charge is -2.32. The van der Waals surface area contributed by atoms with Gasteiger partial charge in [0.1, 0.15) is 0 Å². The highest BCUT2D eigenvalue weighted by atomic mass is 14.3. The Kier molecular flexibility index (Phi) is 6.95. The lowest BCUT2D eigenvalue weighted by molar-refractivity contribution is 0.377. The molecule has 0 aliphatic heterocycles. The van der Waals surface area contributed by atoms with E-state index in [9.17, 15) is 0 Å². The normalized spacial score (nSPS) is 20.9. The van der Waals surface area contributed by atoms with Crippen LogP contribution in [0, 0.1) is 5.41 Å². The van der Waals surface area contributed by atoms with Crippen LogP contribution in [-0.2, 0) is 0 Å². The Morgan fingerprint density at radius 3 is 2.48 bits per heavy atom. The molecule has 0 heteroatoms. The average molecular weight is 284 g/mol. The van der Waals surface area contributed by atoms with Crippen molar-refractivity contribution in [2.45, 2.75) is 67.2 Å². The quantitative estimate of drug-likeness (QED) is 0.480. The second-order valence-corrected chi connectivity index (χ2v) is 6.89. The highest BCUT2D eigenvalue weighted by Gasteiger charge is 2.26. The van der Waals surface area contributed by atoms with Crippen LogP contribution < -0.4 is 0 Å². The SMILES string of the molecule is CC\C=C(C)/C=C/C=C(C)/C=C/C1=C(C)CCCC1(C)C. The van der Waals surface area contributed by atoms with Crippen molar-refractivity contribution in [1.29, 1.82) is 0 Å². The molecule has 0 radical (unpaired) electrons. The molecule has 0 spiro atoms. The van der Waals surface area contributed by atoms with Gasteiger partial charge in [-0.1, -0.05) is 73.9 Å². The van der Waals surface area contributed by atoms with Gasteiger partial charge in [-0.3, -0.25) is 0 Å². The topological polar surface area (TPSA) is 0 Å². The molecular weight excluding hydrogens is 252 g/mol. The molecule has 1 aliphatic carbocycles. The lowest BCUT2D eigenvalue weighted by Crippen LogP contribution is -2.19. The minimum Gasteiger partial charge on any atom is -0.0819 e. The molecule has 0 saturated carbocycles. The fourth-order valence-corrected chi connectivity index (χ4v) is 3.02. The predicted molar refractivity (Wildman–Crippen MR) is 96.4 cm³/mol. The van der Waals surface area contributed by atoms with Crippen LogP contribution in [0.15, 0.2) is 58.7 Å². The van der Waals surface area contributed by atoms with E-state index < -0.39 is 0 Å². The average Bonchev–Trinajstić information content (AvgIpc) is 2.37. The first-order valence-corrected chi connectivity index (χ1v) is 8.27. The van der Waals surface area contributed by atoms with Crippen LogP contribution >= 0.6 is 0 Å². The third kappa shape index (κ3) is 5.91. The summed E-state index contributed by atoms with van der Waals surface area (Å²) in [6.45, 7) is 13.5. The van der Waals surface area contributed by atoms with E-state index in [1.807, 2.05) is 0 Å². The molecule has 0 heterocycles. The van der Waals surface area contributed by atoms with Gasteiger partial charge in [0, 0.05) is 0 Å². The van der Waals surface area contributed by atoms with E-state index in [-0.39, 0.29) is 0 Å². The summed E-state index contributed by atoms with van der Waals surface area (Å²) in [7, 11) is 0. The Bertz CT molecular complexity index is 490. The summed E-state index contributed by atoms with van der Waals surface area (Å²) >= 11 is 0. The molecule has 0 nitrogen and oxygen atoms in total. The fourth-order valence-electron chi connectivity index (χ4n) is 3.02. The molecule has 1 rings (SSSR count). The van der Waals surface area contributed by atoms with Gasteiger partial charge in [-0.2, -0.15) is 0 Å². The molecule has 0 aromatic heterocycles. The summed E-state index contributed by atoms with van der Waals surface area (Å²) in [4.78, 5) is 0. The number of hydrogen-bond donors (Lipinski definition) is 0. The molecule has 0 unspecified atom stereocenters. The molecule has 21 heavy (non-hydrogen) atoms. The van der Waals surface area contributed by atoms with E-state index in [1.165, 1.54) is 36.0 Å². The maximum atomic E-state index is 2.37. The Morgan fingerprint density at radius 2 is 1.86 bits per heavy atom. The number of rotatable bonds is 5. The predicted octanol–water partition coefficient (Wildman–Crippen LogP) is 6.93. The summed E-state index contributed by atoms with van der Waals surface area (Å²) in [5, 5.41) is 0. The van der Waals surface area contributed by atoms with Crippen molar-refractivity contribution < 1.29 is 0 Å². The zero-order valence-electron chi connectivity index (χ0n) is 14.8. The minimum absolute atomic E-state index is 0.329. The van der Waals surface area contributed by atoms with Crippen molar-refractivity contribution in [1.82, 2.24) is 0 Å². The van der Waals surface area contributed by atoms with E-state index >= 15 is 0 Å². The van der Waals surface area contributed by atoms with Crippen LogP contribution in [0.1, 0.15) is 67.2 Å². The maximum absolute atomic E-state index is 2.37. The molecule has 0 atom stereocenters. The summed E-state index contributed by atoms with van der Waals surface area (Å²) in [5.74, 6) is 0. The van der Waals surface area contributed by atoms with Crippen LogP contribution in [0.5, 0.6) is 0 Å². The largest absolute Gasteiger partial charge is 0.0819 e. The smallest absolute Gasteiger partial charge is 0.0104 e. The third-order valence-corrected chi connectivity index (χ3v) is 4.30. The van der Waals surface area contributed by atoms with E-state index in [0.29, 0.717) is 5.41 Å². The van der Waals surface area contributed by atoms with Crippen molar-refractivity contribution in [3.05, 3.63) is 58.7 Å². The van der Waals surface area contributed by atoms with Gasteiger partial charge >= 0.3 is 0 Å². The molecule has 0 amide bonds. The van der Waals surface area contributed by atoms with Gasteiger partial charge in [0.2, 0.25) is 0 Å². The van der Waals surface area contributed by atoms with Gasteiger partial charge in [-0.25, -0.2) is 0 Å². The zero-order chi connectivity index (χ0) is 15.9. The van der Waals surface area contributed by atoms with Crippen molar-refractivity contribution in [2.75, 3.05) is 0 Å². The second-order valence-electron chi connectivity index (χ2n) is 6.89. The van der Waals surface area contributed by atoms with E-state index in [4.69, 9.17) is 0 Å².